The summed E-state index contributed by atoms with van der Waals surface area (Å²) >= 11 is 0. The molecule has 2 heterocycles. The van der Waals surface area contributed by atoms with Crippen molar-refractivity contribution in [2.45, 2.75) is 18.9 Å². The van der Waals surface area contributed by atoms with Crippen LogP contribution in [0.1, 0.15) is 30.2 Å². The minimum atomic E-state index is -0.0657. The van der Waals surface area contributed by atoms with E-state index in [1.807, 2.05) is 48.5 Å². The van der Waals surface area contributed by atoms with E-state index < -0.39 is 0 Å². The number of carbonyl (C=O) groups excluding carboxylic acids is 1. The summed E-state index contributed by atoms with van der Waals surface area (Å²) in [5, 5.41) is 3.01. The van der Waals surface area contributed by atoms with Gasteiger partial charge in [0.25, 0.3) is 0 Å². The van der Waals surface area contributed by atoms with Crippen molar-refractivity contribution >= 4 is 12.0 Å². The van der Waals surface area contributed by atoms with Crippen molar-refractivity contribution in [2.75, 3.05) is 19.6 Å². The van der Waals surface area contributed by atoms with Gasteiger partial charge in [0, 0.05) is 18.9 Å². The fourth-order valence-electron chi connectivity index (χ4n) is 3.11. The molecule has 1 aliphatic rings. The Morgan fingerprint density at radius 1 is 1.17 bits per heavy atom. The van der Waals surface area contributed by atoms with Crippen molar-refractivity contribution in [3.63, 3.8) is 0 Å². The second-order valence-electron chi connectivity index (χ2n) is 5.92. The molecule has 1 saturated heterocycles. The third kappa shape index (κ3) is 4.33. The van der Waals surface area contributed by atoms with Crippen molar-refractivity contribution in [2.24, 2.45) is 0 Å². The monoisotopic (exact) mass is 311 g/mol. The summed E-state index contributed by atoms with van der Waals surface area (Å²) in [6.07, 6.45) is 7.62. The van der Waals surface area contributed by atoms with Gasteiger partial charge in [0.1, 0.15) is 0 Å². The van der Waals surface area contributed by atoms with E-state index in [4.69, 9.17) is 4.42 Å². The Hall–Kier alpha value is -2.33. The number of hydrogen-bond donors (Lipinski definition) is 2. The van der Waals surface area contributed by atoms with Crippen LogP contribution >= 0.6 is 0 Å². The van der Waals surface area contributed by atoms with E-state index in [-0.39, 0.29) is 11.9 Å². The minimum Gasteiger partial charge on any atom is -0.463 e. The fraction of sp³-hybridized carbons (Fsp3) is 0.316. The predicted molar refractivity (Wildman–Crippen MR) is 89.9 cm³/mol. The third-order valence-electron chi connectivity index (χ3n) is 4.33. The Bertz CT molecular complexity index is 629. The van der Waals surface area contributed by atoms with Crippen LogP contribution in [0.3, 0.4) is 0 Å². The highest BCUT2D eigenvalue weighted by atomic mass is 16.3. The van der Waals surface area contributed by atoms with E-state index in [1.165, 1.54) is 17.7 Å². The van der Waals surface area contributed by atoms with E-state index >= 15 is 0 Å². The van der Waals surface area contributed by atoms with E-state index in [0.29, 0.717) is 6.54 Å². The van der Waals surface area contributed by atoms with Crippen molar-refractivity contribution < 1.29 is 14.1 Å². The summed E-state index contributed by atoms with van der Waals surface area (Å²) in [4.78, 5) is 13.6. The number of quaternary nitrogens is 1. The average molecular weight is 311 g/mol. The van der Waals surface area contributed by atoms with Crippen LogP contribution in [-0.4, -0.2) is 25.5 Å². The van der Waals surface area contributed by atoms with Gasteiger partial charge in [0.05, 0.1) is 25.9 Å². The van der Waals surface area contributed by atoms with Crippen molar-refractivity contribution in [3.8, 4) is 0 Å². The maximum absolute atomic E-state index is 12.1. The molecule has 4 nitrogen and oxygen atoms in total. The van der Waals surface area contributed by atoms with Gasteiger partial charge in [-0.15, -0.1) is 0 Å². The molecule has 0 bridgehead atoms. The van der Waals surface area contributed by atoms with Crippen LogP contribution < -0.4 is 10.2 Å². The lowest BCUT2D eigenvalue weighted by atomic mass is 10.2. The third-order valence-corrected chi connectivity index (χ3v) is 4.33. The first-order valence-corrected chi connectivity index (χ1v) is 8.22. The normalized spacial score (nSPS) is 16.7. The molecule has 120 valence electrons. The van der Waals surface area contributed by atoms with Gasteiger partial charge in [-0.25, -0.2) is 0 Å². The number of furan rings is 1. The van der Waals surface area contributed by atoms with E-state index in [2.05, 4.69) is 5.32 Å². The first-order chi connectivity index (χ1) is 11.3. The highest BCUT2D eigenvalue weighted by Gasteiger charge is 2.29. The molecule has 23 heavy (non-hydrogen) atoms. The summed E-state index contributed by atoms with van der Waals surface area (Å²) in [6, 6.07) is 13.9. The summed E-state index contributed by atoms with van der Waals surface area (Å²) in [5.41, 5.74) is 1.02. The predicted octanol–water partition coefficient (Wildman–Crippen LogP) is 1.83. The quantitative estimate of drug-likeness (QED) is 0.800. The van der Waals surface area contributed by atoms with E-state index in [0.717, 1.165) is 24.4 Å². The molecular formula is C19H23N2O2+. The smallest absolute Gasteiger partial charge is 0.244 e. The first-order valence-electron chi connectivity index (χ1n) is 8.22. The Balaban J connectivity index is 1.58. The Kier molecular flexibility index (Phi) is 5.27. The van der Waals surface area contributed by atoms with Gasteiger partial charge in [-0.1, -0.05) is 30.3 Å². The van der Waals surface area contributed by atoms with Crippen LogP contribution in [0.5, 0.6) is 0 Å². The topological polar surface area (TPSA) is 46.7 Å². The maximum atomic E-state index is 12.1. The molecule has 1 fully saturated rings. The molecule has 0 spiro atoms. The van der Waals surface area contributed by atoms with Gasteiger partial charge in [-0.3, -0.25) is 4.79 Å². The maximum Gasteiger partial charge on any atom is 0.244 e. The second-order valence-corrected chi connectivity index (χ2v) is 5.92. The molecule has 1 amide bonds. The molecule has 0 aliphatic carbocycles. The molecule has 1 aliphatic heterocycles. The molecule has 2 N–H and O–H groups in total. The Labute approximate surface area is 136 Å². The number of amides is 1. The molecular weight excluding hydrogens is 288 g/mol. The van der Waals surface area contributed by atoms with Crippen LogP contribution in [0.25, 0.3) is 6.08 Å². The van der Waals surface area contributed by atoms with Gasteiger partial charge >= 0.3 is 0 Å². The number of hydrogen-bond acceptors (Lipinski definition) is 2. The average Bonchev–Trinajstić information content (AvgIpc) is 3.28. The summed E-state index contributed by atoms with van der Waals surface area (Å²) in [6.45, 7) is 2.88. The standard InChI is InChI=1S/C19H22N2O2/c22-19(11-10-16-7-2-1-3-8-16)20-15-17(18-9-6-14-23-18)21-12-4-5-13-21/h1-3,6-11,14,17H,4-5,12-13,15H2,(H,20,22)/p+1/b11-10+/t17-/m0/s1. The molecule has 1 atom stereocenters. The van der Waals surface area contributed by atoms with E-state index in [9.17, 15) is 4.79 Å². The van der Waals surface area contributed by atoms with Crippen molar-refractivity contribution in [3.05, 3.63) is 66.1 Å². The van der Waals surface area contributed by atoms with Gasteiger partial charge in [-0.05, 0) is 23.8 Å². The lowest BCUT2D eigenvalue weighted by molar-refractivity contribution is -0.919. The van der Waals surface area contributed by atoms with Gasteiger partial charge < -0.3 is 14.6 Å². The number of likely N-dealkylation sites (tertiary alicyclic amines) is 1. The number of nitrogens with one attached hydrogen (secondary N) is 2. The van der Waals surface area contributed by atoms with Gasteiger partial charge in [-0.2, -0.15) is 0 Å². The summed E-state index contributed by atoms with van der Waals surface area (Å²) in [7, 11) is 0. The lowest BCUT2D eigenvalue weighted by Gasteiger charge is -2.22. The van der Waals surface area contributed by atoms with Crippen LogP contribution in [-0.2, 0) is 4.79 Å². The van der Waals surface area contributed by atoms with Crippen LogP contribution in [0.15, 0.2) is 59.2 Å². The molecule has 4 heteroatoms. The molecule has 0 radical (unpaired) electrons. The van der Waals surface area contributed by atoms with Gasteiger partial charge in [0.15, 0.2) is 11.8 Å². The highest BCUT2D eigenvalue weighted by Crippen LogP contribution is 2.11. The summed E-state index contributed by atoms with van der Waals surface area (Å²) in [5.74, 6) is 0.887. The zero-order chi connectivity index (χ0) is 15.9. The minimum absolute atomic E-state index is 0.0657. The largest absolute Gasteiger partial charge is 0.463 e. The molecule has 3 rings (SSSR count). The lowest BCUT2D eigenvalue weighted by Crippen LogP contribution is -3.11. The first kappa shape index (κ1) is 15.6. The molecule has 1 aromatic carbocycles. The van der Waals surface area contributed by atoms with Crippen LogP contribution in [0, 0.1) is 0 Å². The van der Waals surface area contributed by atoms with Crippen LogP contribution in [0.4, 0.5) is 0 Å². The molecule has 0 saturated carbocycles. The van der Waals surface area contributed by atoms with Gasteiger partial charge in [0.2, 0.25) is 5.91 Å². The molecule has 2 aromatic rings. The SMILES string of the molecule is O=C(/C=C/c1ccccc1)NC[C@@H](c1ccco1)[NH+]1CCCC1. The Morgan fingerprint density at radius 2 is 1.96 bits per heavy atom. The zero-order valence-electron chi connectivity index (χ0n) is 13.2. The van der Waals surface area contributed by atoms with Crippen molar-refractivity contribution in [1.82, 2.24) is 5.32 Å². The molecule has 1 aromatic heterocycles. The summed E-state index contributed by atoms with van der Waals surface area (Å²) < 4.78 is 5.58. The highest BCUT2D eigenvalue weighted by molar-refractivity contribution is 5.91. The second kappa shape index (κ2) is 7.79. The number of carbonyl (C=O) groups is 1. The zero-order valence-corrected chi connectivity index (χ0v) is 13.2. The van der Waals surface area contributed by atoms with E-state index in [1.54, 1.807) is 12.3 Å². The number of rotatable bonds is 6. The number of benzene rings is 1. The molecule has 0 unspecified atom stereocenters. The Morgan fingerprint density at radius 3 is 2.65 bits per heavy atom. The fourth-order valence-corrected chi connectivity index (χ4v) is 3.11. The van der Waals surface area contributed by atoms with Crippen LogP contribution in [0.2, 0.25) is 0 Å². The van der Waals surface area contributed by atoms with Crippen molar-refractivity contribution in [1.29, 1.82) is 0 Å².